The van der Waals surface area contributed by atoms with Crippen molar-refractivity contribution in [2.75, 3.05) is 10.6 Å². The molecule has 0 aliphatic carbocycles. The SMILES string of the molecule is O=C(Nc1nc(NC(=O)c2ccccc2)n(-c2ccccc2)c(=Nc2ccccc2)n1)c1ccccc1. The Hall–Kier alpha value is -5.37. The number of nitrogens with one attached hydrogen (secondary N) is 2. The van der Waals surface area contributed by atoms with Crippen molar-refractivity contribution < 1.29 is 9.59 Å². The number of para-hydroxylation sites is 2. The van der Waals surface area contributed by atoms with Crippen LogP contribution in [0.2, 0.25) is 0 Å². The predicted octanol–water partition coefficient (Wildman–Crippen LogP) is 5.00. The maximum Gasteiger partial charge on any atom is 0.258 e. The van der Waals surface area contributed by atoms with Crippen molar-refractivity contribution in [2.45, 2.75) is 0 Å². The van der Waals surface area contributed by atoms with Gasteiger partial charge in [-0.2, -0.15) is 9.97 Å². The first-order chi connectivity index (χ1) is 18.2. The van der Waals surface area contributed by atoms with Crippen LogP contribution in [0.15, 0.2) is 126 Å². The molecule has 1 heterocycles. The number of hydrogen-bond donors (Lipinski definition) is 2. The van der Waals surface area contributed by atoms with Crippen molar-refractivity contribution in [1.82, 2.24) is 14.5 Å². The number of anilines is 2. The lowest BCUT2D eigenvalue weighted by Crippen LogP contribution is -2.31. The van der Waals surface area contributed by atoms with Gasteiger partial charge in [-0.25, -0.2) is 9.56 Å². The summed E-state index contributed by atoms with van der Waals surface area (Å²) in [5, 5.41) is 5.60. The zero-order chi connectivity index (χ0) is 25.5. The number of carbonyl (C=O) groups excluding carboxylic acids is 2. The first-order valence-corrected chi connectivity index (χ1v) is 11.6. The number of benzene rings is 4. The molecular formula is C29H22N6O2. The maximum atomic E-state index is 13.1. The van der Waals surface area contributed by atoms with E-state index in [1.807, 2.05) is 72.8 Å². The third-order valence-corrected chi connectivity index (χ3v) is 5.35. The monoisotopic (exact) mass is 486 g/mol. The van der Waals surface area contributed by atoms with Gasteiger partial charge in [0.15, 0.2) is 0 Å². The Bertz CT molecular complexity index is 1590. The van der Waals surface area contributed by atoms with E-state index in [9.17, 15) is 9.59 Å². The molecule has 0 saturated heterocycles. The number of nitrogens with zero attached hydrogens (tertiary/aromatic N) is 4. The summed E-state index contributed by atoms with van der Waals surface area (Å²) in [7, 11) is 0. The molecule has 2 N–H and O–H groups in total. The summed E-state index contributed by atoms with van der Waals surface area (Å²) < 4.78 is 1.63. The molecule has 1 aromatic heterocycles. The van der Waals surface area contributed by atoms with Gasteiger partial charge in [-0.1, -0.05) is 72.8 Å². The second-order valence-electron chi connectivity index (χ2n) is 7.93. The van der Waals surface area contributed by atoms with Gasteiger partial charge in [-0.05, 0) is 48.5 Å². The number of rotatable bonds is 6. The highest BCUT2D eigenvalue weighted by Crippen LogP contribution is 2.16. The van der Waals surface area contributed by atoms with Crippen molar-refractivity contribution in [2.24, 2.45) is 4.99 Å². The molecule has 4 aromatic carbocycles. The van der Waals surface area contributed by atoms with Crippen LogP contribution in [0.5, 0.6) is 0 Å². The summed E-state index contributed by atoms with van der Waals surface area (Å²) in [5.41, 5.74) is 2.45. The molecule has 5 rings (SSSR count). The van der Waals surface area contributed by atoms with Crippen molar-refractivity contribution in [1.29, 1.82) is 0 Å². The molecule has 0 aliphatic rings. The molecular weight excluding hydrogens is 464 g/mol. The molecule has 0 atom stereocenters. The molecule has 0 radical (unpaired) electrons. The van der Waals surface area contributed by atoms with E-state index in [-0.39, 0.29) is 29.3 Å². The summed E-state index contributed by atoms with van der Waals surface area (Å²) >= 11 is 0. The maximum absolute atomic E-state index is 13.1. The third-order valence-electron chi connectivity index (χ3n) is 5.35. The van der Waals surface area contributed by atoms with E-state index in [2.05, 4.69) is 20.6 Å². The summed E-state index contributed by atoms with van der Waals surface area (Å²) in [5.74, 6) is -0.605. The van der Waals surface area contributed by atoms with Gasteiger partial charge in [0, 0.05) is 11.1 Å². The predicted molar refractivity (Wildman–Crippen MR) is 142 cm³/mol. The van der Waals surface area contributed by atoms with Crippen LogP contribution < -0.4 is 16.3 Å². The van der Waals surface area contributed by atoms with Crippen LogP contribution in [-0.4, -0.2) is 26.3 Å². The molecule has 0 aliphatic heterocycles. The zero-order valence-electron chi connectivity index (χ0n) is 19.7. The Kier molecular flexibility index (Phi) is 6.90. The van der Waals surface area contributed by atoms with Crippen LogP contribution in [-0.2, 0) is 0 Å². The van der Waals surface area contributed by atoms with Gasteiger partial charge in [0.25, 0.3) is 11.8 Å². The highest BCUT2D eigenvalue weighted by molar-refractivity contribution is 6.04. The van der Waals surface area contributed by atoms with Gasteiger partial charge in [-0.15, -0.1) is 0 Å². The highest BCUT2D eigenvalue weighted by Gasteiger charge is 2.17. The molecule has 8 heteroatoms. The third kappa shape index (κ3) is 5.66. The average Bonchev–Trinajstić information content (AvgIpc) is 2.95. The van der Waals surface area contributed by atoms with Crippen LogP contribution in [0, 0.1) is 0 Å². The van der Waals surface area contributed by atoms with E-state index in [4.69, 9.17) is 4.99 Å². The topological polar surface area (TPSA) is 101 Å². The number of hydrogen-bond acceptors (Lipinski definition) is 5. The van der Waals surface area contributed by atoms with E-state index in [1.54, 1.807) is 53.1 Å². The first-order valence-electron chi connectivity index (χ1n) is 11.6. The fourth-order valence-electron chi connectivity index (χ4n) is 3.59. The van der Waals surface area contributed by atoms with E-state index < -0.39 is 0 Å². The second-order valence-corrected chi connectivity index (χ2v) is 7.93. The molecule has 8 nitrogen and oxygen atoms in total. The first kappa shape index (κ1) is 23.4. The Morgan fingerprint density at radius 2 is 1.08 bits per heavy atom. The van der Waals surface area contributed by atoms with Gasteiger partial charge >= 0.3 is 0 Å². The average molecular weight is 487 g/mol. The van der Waals surface area contributed by atoms with E-state index in [0.717, 1.165) is 0 Å². The Morgan fingerprint density at radius 1 is 0.595 bits per heavy atom. The number of amides is 2. The smallest absolute Gasteiger partial charge is 0.258 e. The van der Waals surface area contributed by atoms with Gasteiger partial charge in [-0.3, -0.25) is 20.2 Å². The van der Waals surface area contributed by atoms with Crippen molar-refractivity contribution in [3.05, 3.63) is 138 Å². The van der Waals surface area contributed by atoms with Crippen LogP contribution in [0.25, 0.3) is 5.69 Å². The van der Waals surface area contributed by atoms with Crippen LogP contribution in [0.4, 0.5) is 17.6 Å². The lowest BCUT2D eigenvalue weighted by Gasteiger charge is -2.15. The van der Waals surface area contributed by atoms with Crippen molar-refractivity contribution in [3.8, 4) is 5.69 Å². The standard InChI is InChI=1S/C29H22N6O2/c36-25(21-13-5-1-6-14-21)31-27-33-28(30-23-17-9-3-10-18-23)35(24-19-11-4-12-20-24)29(34-27)32-26(37)22-15-7-2-8-16-22/h1-20H,(H2,30,31,32,33,34,36,37). The molecule has 0 unspecified atom stereocenters. The normalized spacial score (nSPS) is 11.1. The largest absolute Gasteiger partial charge is 0.291 e. The number of carbonyl (C=O) groups is 2. The van der Waals surface area contributed by atoms with E-state index >= 15 is 0 Å². The van der Waals surface area contributed by atoms with Gasteiger partial charge in [0.2, 0.25) is 17.5 Å². The summed E-state index contributed by atoms with van der Waals surface area (Å²) in [6.07, 6.45) is 0. The van der Waals surface area contributed by atoms with Crippen molar-refractivity contribution >= 4 is 29.4 Å². The minimum atomic E-state index is -0.385. The lowest BCUT2D eigenvalue weighted by atomic mass is 10.2. The number of aromatic nitrogens is 3. The Labute approximate surface area is 213 Å². The van der Waals surface area contributed by atoms with Crippen LogP contribution in [0.1, 0.15) is 20.7 Å². The molecule has 0 fully saturated rings. The summed E-state index contributed by atoms with van der Waals surface area (Å²) in [6.45, 7) is 0. The van der Waals surface area contributed by atoms with Crippen LogP contribution >= 0.6 is 0 Å². The molecule has 0 spiro atoms. The summed E-state index contributed by atoms with van der Waals surface area (Å²) in [6, 6.07) is 36.2. The van der Waals surface area contributed by atoms with E-state index in [0.29, 0.717) is 22.5 Å². The van der Waals surface area contributed by atoms with Gasteiger partial charge in [0.05, 0.1) is 11.4 Å². The molecule has 0 saturated carbocycles. The highest BCUT2D eigenvalue weighted by atomic mass is 16.2. The Balaban J connectivity index is 1.67. The molecule has 180 valence electrons. The molecule has 37 heavy (non-hydrogen) atoms. The molecule has 5 aromatic rings. The quantitative estimate of drug-likeness (QED) is 0.352. The van der Waals surface area contributed by atoms with Crippen molar-refractivity contribution in [3.63, 3.8) is 0 Å². The minimum Gasteiger partial charge on any atom is -0.291 e. The van der Waals surface area contributed by atoms with E-state index in [1.165, 1.54) is 0 Å². The minimum absolute atomic E-state index is 0.000855. The fraction of sp³-hybridized carbons (Fsp3) is 0. The molecule has 0 bridgehead atoms. The fourth-order valence-corrected chi connectivity index (χ4v) is 3.59. The van der Waals surface area contributed by atoms with Crippen LogP contribution in [0.3, 0.4) is 0 Å². The van der Waals surface area contributed by atoms with Gasteiger partial charge < -0.3 is 0 Å². The second kappa shape index (κ2) is 10.9. The van der Waals surface area contributed by atoms with Gasteiger partial charge in [0.1, 0.15) is 0 Å². The Morgan fingerprint density at radius 3 is 1.65 bits per heavy atom. The lowest BCUT2D eigenvalue weighted by molar-refractivity contribution is 0.101. The molecule has 2 amide bonds. The zero-order valence-corrected chi connectivity index (χ0v) is 19.7. The summed E-state index contributed by atoms with van der Waals surface area (Å²) in [4.78, 5) is 39.8.